The fourth-order valence-corrected chi connectivity index (χ4v) is 4.64. The summed E-state index contributed by atoms with van der Waals surface area (Å²) in [4.78, 5) is 13.3. The molecule has 4 nitrogen and oxygen atoms in total. The zero-order valence-electron chi connectivity index (χ0n) is 21.8. The molecule has 0 atom stereocenters. The molecule has 1 aliphatic heterocycles. The lowest BCUT2D eigenvalue weighted by molar-refractivity contribution is -0.105. The molecule has 196 valence electrons. The SMILES string of the molecule is C=C(c1ccc(F)cc1)C1CCN(C(=C)CCc2ccc(Cl)c(C)c2NC=O)CC1.CCCCCN. The molecule has 6 heteroatoms. The average Bonchev–Trinajstić information content (AvgIpc) is 2.90. The smallest absolute Gasteiger partial charge is 0.211 e. The zero-order valence-corrected chi connectivity index (χ0v) is 22.5. The number of halogens is 2. The molecule has 0 bridgehead atoms. The Balaban J connectivity index is 0.000000678. The van der Waals surface area contributed by atoms with Gasteiger partial charge in [-0.3, -0.25) is 4.79 Å². The Labute approximate surface area is 221 Å². The summed E-state index contributed by atoms with van der Waals surface area (Å²) in [6, 6.07) is 10.4. The maximum absolute atomic E-state index is 13.2. The number of benzene rings is 2. The van der Waals surface area contributed by atoms with Crippen molar-refractivity contribution in [2.24, 2.45) is 11.7 Å². The number of nitrogens with zero attached hydrogens (tertiary/aromatic N) is 1. The number of rotatable bonds is 11. The van der Waals surface area contributed by atoms with Crippen molar-refractivity contribution >= 4 is 29.3 Å². The predicted octanol–water partition coefficient (Wildman–Crippen LogP) is 7.36. The monoisotopic (exact) mass is 513 g/mol. The van der Waals surface area contributed by atoms with Gasteiger partial charge in [0.15, 0.2) is 0 Å². The predicted molar refractivity (Wildman–Crippen MR) is 152 cm³/mol. The largest absolute Gasteiger partial charge is 0.375 e. The van der Waals surface area contributed by atoms with Crippen LogP contribution in [-0.4, -0.2) is 30.9 Å². The molecule has 1 amide bonds. The van der Waals surface area contributed by atoms with Gasteiger partial charge in [-0.15, -0.1) is 0 Å². The van der Waals surface area contributed by atoms with Gasteiger partial charge in [-0.05, 0) is 92.0 Å². The normalized spacial score (nSPS) is 13.5. The fraction of sp³-hybridized carbons (Fsp3) is 0.433. The number of likely N-dealkylation sites (tertiary alicyclic amines) is 1. The quantitative estimate of drug-likeness (QED) is 0.243. The van der Waals surface area contributed by atoms with Gasteiger partial charge in [-0.2, -0.15) is 0 Å². The molecule has 1 fully saturated rings. The number of amides is 1. The van der Waals surface area contributed by atoms with Gasteiger partial charge >= 0.3 is 0 Å². The Morgan fingerprint density at radius 2 is 1.83 bits per heavy atom. The van der Waals surface area contributed by atoms with Crippen LogP contribution in [0.15, 0.2) is 55.3 Å². The summed E-state index contributed by atoms with van der Waals surface area (Å²) < 4.78 is 13.2. The molecule has 0 saturated carbocycles. The van der Waals surface area contributed by atoms with Gasteiger partial charge in [0.05, 0.1) is 0 Å². The Morgan fingerprint density at radius 1 is 1.17 bits per heavy atom. The van der Waals surface area contributed by atoms with E-state index >= 15 is 0 Å². The van der Waals surface area contributed by atoms with Crippen LogP contribution in [0.25, 0.3) is 5.57 Å². The van der Waals surface area contributed by atoms with Crippen molar-refractivity contribution in [2.45, 2.75) is 58.8 Å². The number of unbranched alkanes of at least 4 members (excludes halogenated alkanes) is 2. The topological polar surface area (TPSA) is 58.4 Å². The van der Waals surface area contributed by atoms with Crippen molar-refractivity contribution in [3.8, 4) is 0 Å². The number of carbonyl (C=O) groups is 1. The van der Waals surface area contributed by atoms with Crippen LogP contribution in [0.3, 0.4) is 0 Å². The minimum absolute atomic E-state index is 0.222. The van der Waals surface area contributed by atoms with Crippen molar-refractivity contribution in [1.29, 1.82) is 0 Å². The molecule has 1 saturated heterocycles. The van der Waals surface area contributed by atoms with Gasteiger partial charge in [0, 0.05) is 29.5 Å². The van der Waals surface area contributed by atoms with Crippen molar-refractivity contribution < 1.29 is 9.18 Å². The van der Waals surface area contributed by atoms with Gasteiger partial charge in [0.25, 0.3) is 0 Å². The maximum Gasteiger partial charge on any atom is 0.211 e. The van der Waals surface area contributed by atoms with Crippen LogP contribution < -0.4 is 11.1 Å². The average molecular weight is 514 g/mol. The van der Waals surface area contributed by atoms with E-state index in [1.165, 1.54) is 31.4 Å². The van der Waals surface area contributed by atoms with Crippen LogP contribution >= 0.6 is 11.6 Å². The van der Waals surface area contributed by atoms with Gasteiger partial charge in [-0.1, -0.05) is 62.7 Å². The third kappa shape index (κ3) is 8.79. The highest BCUT2D eigenvalue weighted by Gasteiger charge is 2.23. The molecule has 2 aromatic carbocycles. The number of hydrogen-bond donors (Lipinski definition) is 2. The Hall–Kier alpha value is -2.63. The first-order valence-corrected chi connectivity index (χ1v) is 13.3. The number of carbonyl (C=O) groups excluding carboxylic acids is 1. The summed E-state index contributed by atoms with van der Waals surface area (Å²) in [5.74, 6) is 0.182. The van der Waals surface area contributed by atoms with Crippen LogP contribution in [0.2, 0.25) is 5.02 Å². The minimum atomic E-state index is -0.222. The summed E-state index contributed by atoms with van der Waals surface area (Å²) in [6.45, 7) is 15.4. The van der Waals surface area contributed by atoms with E-state index in [4.69, 9.17) is 17.3 Å². The first-order valence-electron chi connectivity index (χ1n) is 12.9. The van der Waals surface area contributed by atoms with E-state index in [9.17, 15) is 9.18 Å². The van der Waals surface area contributed by atoms with Gasteiger partial charge in [-0.25, -0.2) is 4.39 Å². The number of allylic oxidation sites excluding steroid dienone is 2. The van der Waals surface area contributed by atoms with Crippen molar-refractivity contribution in [3.63, 3.8) is 0 Å². The minimum Gasteiger partial charge on any atom is -0.375 e. The number of piperidine rings is 1. The number of aryl methyl sites for hydroxylation is 1. The van der Waals surface area contributed by atoms with Crippen LogP contribution in [0, 0.1) is 18.7 Å². The summed E-state index contributed by atoms with van der Waals surface area (Å²) in [5, 5.41) is 3.43. The molecule has 0 aliphatic carbocycles. The summed E-state index contributed by atoms with van der Waals surface area (Å²) in [7, 11) is 0. The molecule has 2 aromatic rings. The molecule has 0 radical (unpaired) electrons. The Morgan fingerprint density at radius 3 is 2.39 bits per heavy atom. The second-order valence-corrected chi connectivity index (χ2v) is 9.73. The lowest BCUT2D eigenvalue weighted by atomic mass is 9.86. The molecule has 36 heavy (non-hydrogen) atoms. The van der Waals surface area contributed by atoms with E-state index < -0.39 is 0 Å². The molecule has 0 aromatic heterocycles. The highest BCUT2D eigenvalue weighted by molar-refractivity contribution is 6.31. The molecule has 1 aliphatic rings. The third-order valence-electron chi connectivity index (χ3n) is 6.83. The lowest BCUT2D eigenvalue weighted by Crippen LogP contribution is -2.33. The van der Waals surface area contributed by atoms with Gasteiger partial charge in [0.1, 0.15) is 5.82 Å². The Kier molecular flexibility index (Phi) is 12.7. The Bertz CT molecular complexity index is 994. The summed E-state index contributed by atoms with van der Waals surface area (Å²) in [5.41, 5.74) is 11.2. The van der Waals surface area contributed by atoms with Crippen LogP contribution in [0.5, 0.6) is 0 Å². The fourth-order valence-electron chi connectivity index (χ4n) is 4.49. The second kappa shape index (κ2) is 15.5. The molecule has 0 spiro atoms. The van der Waals surface area contributed by atoms with Gasteiger partial charge < -0.3 is 16.0 Å². The maximum atomic E-state index is 13.2. The van der Waals surface area contributed by atoms with Crippen LogP contribution in [-0.2, 0) is 11.2 Å². The van der Waals surface area contributed by atoms with Crippen molar-refractivity contribution in [3.05, 3.63) is 82.8 Å². The highest BCUT2D eigenvalue weighted by Crippen LogP contribution is 2.33. The number of nitrogens with two attached hydrogens (primary N) is 1. The van der Waals surface area contributed by atoms with Crippen molar-refractivity contribution in [1.82, 2.24) is 4.90 Å². The zero-order chi connectivity index (χ0) is 26.5. The van der Waals surface area contributed by atoms with E-state index in [-0.39, 0.29) is 5.82 Å². The van der Waals surface area contributed by atoms with E-state index in [2.05, 4.69) is 30.3 Å². The first-order chi connectivity index (χ1) is 17.3. The van der Waals surface area contributed by atoms with Crippen LogP contribution in [0.4, 0.5) is 10.1 Å². The summed E-state index contributed by atoms with van der Waals surface area (Å²) >= 11 is 6.19. The molecule has 3 rings (SSSR count). The molecular formula is C30H41ClFN3O. The highest BCUT2D eigenvalue weighted by atomic mass is 35.5. The second-order valence-electron chi connectivity index (χ2n) is 9.32. The number of anilines is 1. The third-order valence-corrected chi connectivity index (χ3v) is 7.24. The van der Waals surface area contributed by atoms with E-state index in [0.717, 1.165) is 79.0 Å². The lowest BCUT2D eigenvalue weighted by Gasteiger charge is -2.36. The number of hydrogen-bond acceptors (Lipinski definition) is 3. The van der Waals surface area contributed by atoms with E-state index in [1.807, 2.05) is 31.2 Å². The summed E-state index contributed by atoms with van der Waals surface area (Å²) in [6.07, 6.45) is 8.06. The first kappa shape index (κ1) is 29.6. The van der Waals surface area contributed by atoms with Crippen molar-refractivity contribution in [2.75, 3.05) is 25.0 Å². The van der Waals surface area contributed by atoms with Gasteiger partial charge in [0.2, 0.25) is 6.41 Å². The standard InChI is InChI=1S/C25H28ClFN2O.C5H13N/c1-17(4-5-22-8-11-24(26)19(3)25(22)28-16-30)29-14-12-21(13-15-29)18(2)20-6-9-23(27)10-7-20;1-2-3-4-5-6/h6-11,16,21H,1-2,4-5,12-15H2,3H3,(H,28,30);2-6H2,1H3. The molecule has 0 unspecified atom stereocenters. The number of nitrogens with one attached hydrogen (secondary N) is 1. The van der Waals surface area contributed by atoms with E-state index in [0.29, 0.717) is 17.4 Å². The molecular weight excluding hydrogens is 473 g/mol. The van der Waals surface area contributed by atoms with Crippen LogP contribution in [0.1, 0.15) is 62.1 Å². The molecule has 1 heterocycles. The molecule has 3 N–H and O–H groups in total. The van der Waals surface area contributed by atoms with E-state index in [1.54, 1.807) is 0 Å².